The number of benzene rings is 1. The Bertz CT molecular complexity index is 519. The number of hydrogen-bond acceptors (Lipinski definition) is 5. The van der Waals surface area contributed by atoms with Crippen LogP contribution >= 0.6 is 23.4 Å². The Balaban J connectivity index is 2.22. The van der Waals surface area contributed by atoms with Crippen LogP contribution < -0.4 is 10.5 Å². The molecule has 0 unspecified atom stereocenters. The standard InChI is InChI=1S/C11H10ClN3OS/c1-16-7-2-4-8(5-3-7)17-11-9(13)10(12)14-6-15-11/h2-6H,13H2,1H3. The maximum absolute atomic E-state index is 5.82. The normalized spacial score (nSPS) is 10.2. The van der Waals surface area contributed by atoms with E-state index in [1.807, 2.05) is 24.3 Å². The van der Waals surface area contributed by atoms with Gasteiger partial charge in [-0.25, -0.2) is 9.97 Å². The fourth-order valence-corrected chi connectivity index (χ4v) is 2.19. The van der Waals surface area contributed by atoms with E-state index in [0.717, 1.165) is 10.6 Å². The molecule has 2 N–H and O–H groups in total. The largest absolute Gasteiger partial charge is 0.497 e. The number of ether oxygens (including phenoxy) is 1. The number of nitrogens with two attached hydrogens (primary N) is 1. The topological polar surface area (TPSA) is 61.0 Å². The summed E-state index contributed by atoms with van der Waals surface area (Å²) in [7, 11) is 1.63. The first-order chi connectivity index (χ1) is 8.20. The number of hydrogen-bond donors (Lipinski definition) is 1. The minimum atomic E-state index is 0.274. The van der Waals surface area contributed by atoms with Gasteiger partial charge in [0.2, 0.25) is 0 Å². The summed E-state index contributed by atoms with van der Waals surface area (Å²) >= 11 is 7.25. The van der Waals surface area contributed by atoms with Crippen molar-refractivity contribution in [2.24, 2.45) is 0 Å². The molecular weight excluding hydrogens is 258 g/mol. The van der Waals surface area contributed by atoms with Crippen LogP contribution in [0, 0.1) is 0 Å². The van der Waals surface area contributed by atoms with E-state index < -0.39 is 0 Å². The van der Waals surface area contributed by atoms with Crippen LogP contribution in [0.3, 0.4) is 0 Å². The quantitative estimate of drug-likeness (QED) is 0.867. The maximum Gasteiger partial charge on any atom is 0.156 e. The third kappa shape index (κ3) is 2.81. The molecule has 1 aromatic heterocycles. The van der Waals surface area contributed by atoms with E-state index in [9.17, 15) is 0 Å². The second-order valence-corrected chi connectivity index (χ2v) is 4.58. The number of nitrogen functional groups attached to an aromatic ring is 1. The highest BCUT2D eigenvalue weighted by atomic mass is 35.5. The van der Waals surface area contributed by atoms with Crippen molar-refractivity contribution < 1.29 is 4.74 Å². The zero-order valence-electron chi connectivity index (χ0n) is 9.05. The molecule has 1 aromatic carbocycles. The van der Waals surface area contributed by atoms with Crippen LogP contribution in [-0.4, -0.2) is 17.1 Å². The lowest BCUT2D eigenvalue weighted by Crippen LogP contribution is -1.94. The van der Waals surface area contributed by atoms with Crippen LogP contribution in [0.4, 0.5) is 5.69 Å². The first-order valence-corrected chi connectivity index (χ1v) is 5.98. The zero-order valence-corrected chi connectivity index (χ0v) is 10.6. The molecule has 0 radical (unpaired) electrons. The van der Waals surface area contributed by atoms with Crippen molar-refractivity contribution in [1.29, 1.82) is 0 Å². The molecule has 0 saturated heterocycles. The Morgan fingerprint density at radius 3 is 2.59 bits per heavy atom. The van der Waals surface area contributed by atoms with Gasteiger partial charge in [0.1, 0.15) is 22.8 Å². The van der Waals surface area contributed by atoms with E-state index in [2.05, 4.69) is 9.97 Å². The van der Waals surface area contributed by atoms with Crippen LogP contribution in [0.2, 0.25) is 5.15 Å². The molecule has 0 spiro atoms. The molecule has 0 saturated carbocycles. The Morgan fingerprint density at radius 2 is 1.94 bits per heavy atom. The summed E-state index contributed by atoms with van der Waals surface area (Å²) in [4.78, 5) is 8.90. The summed E-state index contributed by atoms with van der Waals surface area (Å²) in [6.45, 7) is 0. The summed E-state index contributed by atoms with van der Waals surface area (Å²) in [5.74, 6) is 0.808. The zero-order chi connectivity index (χ0) is 12.3. The first-order valence-electron chi connectivity index (χ1n) is 4.78. The second kappa shape index (κ2) is 5.25. The molecule has 4 nitrogen and oxygen atoms in total. The SMILES string of the molecule is COc1ccc(Sc2ncnc(Cl)c2N)cc1. The predicted octanol–water partition coefficient (Wildman–Crippen LogP) is 2.87. The van der Waals surface area contributed by atoms with Crippen LogP contribution in [0.15, 0.2) is 40.5 Å². The summed E-state index contributed by atoms with van der Waals surface area (Å²) in [6, 6.07) is 7.61. The van der Waals surface area contributed by atoms with Gasteiger partial charge in [0.15, 0.2) is 5.15 Å². The lowest BCUT2D eigenvalue weighted by atomic mass is 10.3. The van der Waals surface area contributed by atoms with Crippen molar-refractivity contribution in [3.63, 3.8) is 0 Å². The molecule has 2 rings (SSSR count). The van der Waals surface area contributed by atoms with Crippen molar-refractivity contribution >= 4 is 29.1 Å². The fraction of sp³-hybridized carbons (Fsp3) is 0.0909. The van der Waals surface area contributed by atoms with Gasteiger partial charge in [0.05, 0.1) is 7.11 Å². The average molecular weight is 268 g/mol. The molecule has 17 heavy (non-hydrogen) atoms. The Kier molecular flexibility index (Phi) is 3.71. The van der Waals surface area contributed by atoms with Crippen molar-refractivity contribution in [3.05, 3.63) is 35.7 Å². The first kappa shape index (κ1) is 12.0. The van der Waals surface area contributed by atoms with Gasteiger partial charge < -0.3 is 10.5 Å². The van der Waals surface area contributed by atoms with Gasteiger partial charge in [-0.1, -0.05) is 23.4 Å². The van der Waals surface area contributed by atoms with E-state index >= 15 is 0 Å². The van der Waals surface area contributed by atoms with Crippen molar-refractivity contribution in [3.8, 4) is 5.75 Å². The van der Waals surface area contributed by atoms with E-state index in [4.69, 9.17) is 22.1 Å². The van der Waals surface area contributed by atoms with Crippen LogP contribution in [-0.2, 0) is 0 Å². The minimum Gasteiger partial charge on any atom is -0.497 e. The molecule has 0 atom stereocenters. The van der Waals surface area contributed by atoms with Gasteiger partial charge in [-0.3, -0.25) is 0 Å². The Morgan fingerprint density at radius 1 is 1.24 bits per heavy atom. The molecule has 1 heterocycles. The number of aromatic nitrogens is 2. The highest BCUT2D eigenvalue weighted by Gasteiger charge is 2.07. The van der Waals surface area contributed by atoms with Gasteiger partial charge >= 0.3 is 0 Å². The van der Waals surface area contributed by atoms with Gasteiger partial charge in [-0.15, -0.1) is 0 Å². The number of anilines is 1. The Hall–Kier alpha value is -1.46. The van der Waals surface area contributed by atoms with E-state index in [0.29, 0.717) is 10.7 Å². The number of methoxy groups -OCH3 is 1. The predicted molar refractivity (Wildman–Crippen MR) is 68.6 cm³/mol. The summed E-state index contributed by atoms with van der Waals surface area (Å²) in [5, 5.41) is 0.922. The van der Waals surface area contributed by atoms with Crippen molar-refractivity contribution in [1.82, 2.24) is 9.97 Å². The van der Waals surface area contributed by atoms with E-state index in [-0.39, 0.29) is 5.15 Å². The molecule has 88 valence electrons. The van der Waals surface area contributed by atoms with Crippen LogP contribution in [0.25, 0.3) is 0 Å². The lowest BCUT2D eigenvalue weighted by Gasteiger charge is -2.05. The molecule has 0 fully saturated rings. The lowest BCUT2D eigenvalue weighted by molar-refractivity contribution is 0.414. The van der Waals surface area contributed by atoms with Gasteiger partial charge in [0, 0.05) is 4.90 Å². The summed E-state index contributed by atoms with van der Waals surface area (Å²) in [6.07, 6.45) is 1.39. The molecule has 2 aromatic rings. The van der Waals surface area contributed by atoms with Crippen molar-refractivity contribution in [2.45, 2.75) is 9.92 Å². The highest BCUT2D eigenvalue weighted by molar-refractivity contribution is 7.99. The van der Waals surface area contributed by atoms with E-state index in [1.54, 1.807) is 7.11 Å². The number of halogens is 1. The van der Waals surface area contributed by atoms with Gasteiger partial charge in [0.25, 0.3) is 0 Å². The Labute approximate surface area is 108 Å². The third-order valence-corrected chi connectivity index (χ3v) is 3.40. The van der Waals surface area contributed by atoms with Crippen molar-refractivity contribution in [2.75, 3.05) is 12.8 Å². The van der Waals surface area contributed by atoms with Gasteiger partial charge in [-0.2, -0.15) is 0 Å². The number of nitrogens with zero attached hydrogens (tertiary/aromatic N) is 2. The smallest absolute Gasteiger partial charge is 0.156 e. The average Bonchev–Trinajstić information content (AvgIpc) is 2.36. The second-order valence-electron chi connectivity index (χ2n) is 3.16. The van der Waals surface area contributed by atoms with Crippen LogP contribution in [0.5, 0.6) is 5.75 Å². The molecular formula is C11H10ClN3OS. The summed E-state index contributed by atoms with van der Waals surface area (Å²) < 4.78 is 5.08. The molecule has 6 heteroatoms. The van der Waals surface area contributed by atoms with E-state index in [1.165, 1.54) is 18.1 Å². The maximum atomic E-state index is 5.82. The minimum absolute atomic E-state index is 0.274. The monoisotopic (exact) mass is 267 g/mol. The van der Waals surface area contributed by atoms with Crippen LogP contribution in [0.1, 0.15) is 0 Å². The molecule has 0 aliphatic heterocycles. The molecule has 0 aliphatic rings. The number of rotatable bonds is 3. The third-order valence-electron chi connectivity index (χ3n) is 2.07. The molecule has 0 amide bonds. The fourth-order valence-electron chi connectivity index (χ4n) is 1.20. The highest BCUT2D eigenvalue weighted by Crippen LogP contribution is 2.33. The molecule has 0 bridgehead atoms. The molecule has 0 aliphatic carbocycles. The van der Waals surface area contributed by atoms with Gasteiger partial charge in [-0.05, 0) is 24.3 Å². The summed E-state index contributed by atoms with van der Waals surface area (Å²) in [5.41, 5.74) is 6.18.